The summed E-state index contributed by atoms with van der Waals surface area (Å²) in [5.41, 5.74) is 0.844. The molecule has 1 atom stereocenters. The van der Waals surface area contributed by atoms with Crippen molar-refractivity contribution in [2.75, 3.05) is 5.32 Å². The third-order valence-corrected chi connectivity index (χ3v) is 8.32. The summed E-state index contributed by atoms with van der Waals surface area (Å²) in [5, 5.41) is 7.05. The molecule has 0 amide bonds. The Morgan fingerprint density at radius 1 is 0.682 bits per heavy atom. The number of nitrogens with zero attached hydrogens (tertiary/aromatic N) is 1. The van der Waals surface area contributed by atoms with Gasteiger partial charge in [-0.25, -0.2) is 0 Å². The highest BCUT2D eigenvalue weighted by Crippen LogP contribution is 2.45. The molecule has 1 aliphatic rings. The van der Waals surface area contributed by atoms with Crippen molar-refractivity contribution in [3.05, 3.63) is 112 Å². The molecule has 0 fully saturated rings. The van der Waals surface area contributed by atoms with Crippen LogP contribution in [0, 0.1) is 0 Å². The van der Waals surface area contributed by atoms with Gasteiger partial charge in [0.25, 0.3) is 0 Å². The van der Waals surface area contributed by atoms with E-state index in [1.807, 2.05) is 12.1 Å². The average molecular weight is 605 g/mol. The summed E-state index contributed by atoms with van der Waals surface area (Å²) in [7, 11) is 0. The van der Waals surface area contributed by atoms with Crippen molar-refractivity contribution >= 4 is 29.6 Å². The highest BCUT2D eigenvalue weighted by molar-refractivity contribution is 5.88. The molecule has 4 aromatic carbocycles. The van der Waals surface area contributed by atoms with Gasteiger partial charge in [-0.3, -0.25) is 0 Å². The topological polar surface area (TPSA) is 17.0 Å². The standard InChI is InChI=1S/C36H30F6N2/c1-20-26-13-10-23(17-30(26)21(2)44(20)34(3,4)5)22-11-14-27-24(16-22)18-33(27)43-25-12-15-29(32(19-25)36(40,41)42)28-8-6-7-9-31(28)35(37,38)39/h6-17,19,33,43H,1-2,18H2,3-5H3. The maximum atomic E-state index is 14.1. The van der Waals surface area contributed by atoms with Gasteiger partial charge in [0.2, 0.25) is 0 Å². The minimum Gasteiger partial charge on any atom is -0.378 e. The summed E-state index contributed by atoms with van der Waals surface area (Å²) in [6, 6.07) is 19.7. The molecule has 1 unspecified atom stereocenters. The van der Waals surface area contributed by atoms with Gasteiger partial charge in [-0.15, -0.1) is 0 Å². The third-order valence-electron chi connectivity index (χ3n) is 8.32. The van der Waals surface area contributed by atoms with E-state index >= 15 is 0 Å². The summed E-state index contributed by atoms with van der Waals surface area (Å²) in [6.07, 6.45) is -9.05. The second-order valence-electron chi connectivity index (χ2n) is 12.3. The van der Waals surface area contributed by atoms with Gasteiger partial charge in [-0.05, 0) is 84.8 Å². The Kier molecular flexibility index (Phi) is 6.76. The zero-order valence-corrected chi connectivity index (χ0v) is 24.4. The molecule has 1 N–H and O–H groups in total. The number of alkyl halides is 6. The van der Waals surface area contributed by atoms with Gasteiger partial charge in [0.15, 0.2) is 0 Å². The lowest BCUT2D eigenvalue weighted by atomic mass is 9.81. The van der Waals surface area contributed by atoms with Gasteiger partial charge in [0, 0.05) is 32.7 Å². The van der Waals surface area contributed by atoms with E-state index in [0.717, 1.165) is 74.1 Å². The van der Waals surface area contributed by atoms with Gasteiger partial charge < -0.3 is 9.88 Å². The lowest BCUT2D eigenvalue weighted by molar-refractivity contribution is -0.139. The maximum absolute atomic E-state index is 14.1. The number of aromatic nitrogens is 1. The number of halogens is 6. The molecule has 0 radical (unpaired) electrons. The van der Waals surface area contributed by atoms with Gasteiger partial charge in [-0.2, -0.15) is 26.3 Å². The number of hydrogen-bond acceptors (Lipinski definition) is 1. The van der Waals surface area contributed by atoms with Crippen LogP contribution in [0.5, 0.6) is 0 Å². The zero-order chi connectivity index (χ0) is 31.8. The number of fused-ring (bicyclic) bond motifs is 2. The van der Waals surface area contributed by atoms with Crippen LogP contribution in [0.15, 0.2) is 78.9 Å². The van der Waals surface area contributed by atoms with Crippen LogP contribution in [0.3, 0.4) is 0 Å². The molecule has 0 saturated heterocycles. The Hall–Kier alpha value is -4.46. The van der Waals surface area contributed by atoms with Crippen LogP contribution < -0.4 is 16.0 Å². The number of rotatable bonds is 4. The van der Waals surface area contributed by atoms with Crippen molar-refractivity contribution in [1.82, 2.24) is 4.57 Å². The molecule has 226 valence electrons. The Morgan fingerprint density at radius 2 is 1.30 bits per heavy atom. The predicted molar refractivity (Wildman–Crippen MR) is 165 cm³/mol. The third kappa shape index (κ3) is 5.06. The summed E-state index contributed by atoms with van der Waals surface area (Å²) >= 11 is 0. The van der Waals surface area contributed by atoms with Crippen LogP contribution in [0.1, 0.15) is 49.1 Å². The van der Waals surface area contributed by atoms with E-state index < -0.39 is 34.6 Å². The molecule has 0 saturated carbocycles. The van der Waals surface area contributed by atoms with Crippen LogP contribution in [-0.4, -0.2) is 4.57 Å². The van der Waals surface area contributed by atoms with E-state index in [1.165, 1.54) is 12.1 Å². The van der Waals surface area contributed by atoms with Crippen molar-refractivity contribution in [2.45, 2.75) is 51.1 Å². The second kappa shape index (κ2) is 10.0. The number of hydrogen-bond donors (Lipinski definition) is 1. The minimum absolute atomic E-state index is 0.167. The first-order chi connectivity index (χ1) is 20.5. The van der Waals surface area contributed by atoms with E-state index in [1.54, 1.807) is 0 Å². The first kappa shape index (κ1) is 29.6. The molecule has 1 aromatic heterocycles. The van der Waals surface area contributed by atoms with E-state index in [-0.39, 0.29) is 17.3 Å². The molecule has 0 spiro atoms. The Balaban J connectivity index is 1.28. The van der Waals surface area contributed by atoms with Gasteiger partial charge in [-0.1, -0.05) is 67.8 Å². The fourth-order valence-electron chi connectivity index (χ4n) is 6.33. The molecular formula is C36H30F6N2. The van der Waals surface area contributed by atoms with Crippen molar-refractivity contribution in [3.63, 3.8) is 0 Å². The maximum Gasteiger partial charge on any atom is 0.417 e. The van der Waals surface area contributed by atoms with Gasteiger partial charge in [0.05, 0.1) is 17.2 Å². The number of benzene rings is 4. The molecule has 0 bridgehead atoms. The first-order valence-electron chi connectivity index (χ1n) is 14.1. The Labute approximate surface area is 251 Å². The highest BCUT2D eigenvalue weighted by Gasteiger charge is 2.38. The quantitative estimate of drug-likeness (QED) is 0.202. The van der Waals surface area contributed by atoms with Crippen LogP contribution in [0.4, 0.5) is 32.0 Å². The largest absolute Gasteiger partial charge is 0.417 e. The number of anilines is 1. The van der Waals surface area contributed by atoms with E-state index in [4.69, 9.17) is 0 Å². The smallest absolute Gasteiger partial charge is 0.378 e. The van der Waals surface area contributed by atoms with Gasteiger partial charge in [0.1, 0.15) is 0 Å². The Bertz CT molecular complexity index is 2030. The van der Waals surface area contributed by atoms with Crippen LogP contribution in [-0.2, 0) is 24.3 Å². The fourth-order valence-corrected chi connectivity index (χ4v) is 6.33. The van der Waals surface area contributed by atoms with Gasteiger partial charge >= 0.3 is 12.4 Å². The van der Waals surface area contributed by atoms with Crippen molar-refractivity contribution < 1.29 is 26.3 Å². The van der Waals surface area contributed by atoms with Crippen molar-refractivity contribution in [3.8, 4) is 22.3 Å². The molecule has 8 heteroatoms. The molecule has 0 aliphatic heterocycles. The van der Waals surface area contributed by atoms with Crippen LogP contribution in [0.25, 0.3) is 46.2 Å². The summed E-state index contributed by atoms with van der Waals surface area (Å²) in [5.74, 6) is 0. The first-order valence-corrected chi connectivity index (χ1v) is 14.1. The molecule has 5 aromatic rings. The molecule has 6 rings (SSSR count). The lowest BCUT2D eigenvalue weighted by Gasteiger charge is -2.32. The minimum atomic E-state index is -4.85. The molecular weight excluding hydrogens is 574 g/mol. The second-order valence-corrected chi connectivity index (χ2v) is 12.3. The zero-order valence-electron chi connectivity index (χ0n) is 24.4. The SMILES string of the molecule is C=c1c2ccc(-c3ccc4c(c3)CC4Nc3ccc(-c4ccccc4C(F)(F)F)c(C(F)(F)F)c3)cc2c(=C)n1C(C)(C)C. The Morgan fingerprint density at radius 3 is 1.95 bits per heavy atom. The molecule has 1 heterocycles. The summed E-state index contributed by atoms with van der Waals surface area (Å²) in [6.45, 7) is 14.9. The van der Waals surface area contributed by atoms with E-state index in [2.05, 4.69) is 68.1 Å². The average Bonchev–Trinajstić information content (AvgIpc) is 3.19. The molecule has 44 heavy (non-hydrogen) atoms. The molecule has 1 aliphatic carbocycles. The van der Waals surface area contributed by atoms with Crippen LogP contribution >= 0.6 is 0 Å². The van der Waals surface area contributed by atoms with E-state index in [9.17, 15) is 26.3 Å². The monoisotopic (exact) mass is 604 g/mol. The lowest BCUT2D eigenvalue weighted by Crippen LogP contribution is -2.38. The number of nitrogens with one attached hydrogen (secondary N) is 1. The highest BCUT2D eigenvalue weighted by atomic mass is 19.4. The predicted octanol–water partition coefficient (Wildman–Crippen LogP) is 9.30. The fraction of sp³-hybridized carbons (Fsp3) is 0.222. The summed E-state index contributed by atoms with van der Waals surface area (Å²) in [4.78, 5) is 0. The molecule has 2 nitrogen and oxygen atoms in total. The van der Waals surface area contributed by atoms with Crippen molar-refractivity contribution in [2.24, 2.45) is 0 Å². The normalized spacial score (nSPS) is 15.2. The summed E-state index contributed by atoms with van der Waals surface area (Å²) < 4.78 is 85.2. The van der Waals surface area contributed by atoms with Crippen LogP contribution in [0.2, 0.25) is 0 Å². The van der Waals surface area contributed by atoms with Crippen molar-refractivity contribution in [1.29, 1.82) is 0 Å². The van der Waals surface area contributed by atoms with E-state index in [0.29, 0.717) is 6.42 Å².